The molecule has 0 spiro atoms. The van der Waals surface area contributed by atoms with Gasteiger partial charge in [0.2, 0.25) is 17.3 Å². The zero-order valence-electron chi connectivity index (χ0n) is 70.4. The molecule has 2 aliphatic rings. The minimum atomic E-state index is -3.68. The van der Waals surface area contributed by atoms with Crippen molar-refractivity contribution < 1.29 is 112 Å². The number of aromatic amines is 6. The van der Waals surface area contributed by atoms with E-state index in [4.69, 9.17) is 22.8 Å². The Kier molecular flexibility index (Phi) is 44.5. The van der Waals surface area contributed by atoms with Gasteiger partial charge in [-0.25, -0.2) is 19.2 Å². The molecule has 0 saturated heterocycles. The van der Waals surface area contributed by atoms with Crippen LogP contribution in [0.3, 0.4) is 0 Å². The maximum absolute atomic E-state index is 13.4. The van der Waals surface area contributed by atoms with Gasteiger partial charge >= 0.3 is 38.0 Å². The van der Waals surface area contributed by atoms with Crippen LogP contribution in [0.5, 0.6) is 5.75 Å². The number of nitrogens with one attached hydrogen (secondary N) is 6. The molecule has 39 heteroatoms. The Bertz CT molecular complexity index is 5910. The number of aromatic nitrogens is 12. The van der Waals surface area contributed by atoms with Crippen LogP contribution >= 0.6 is 15.2 Å². The van der Waals surface area contributed by atoms with Crippen molar-refractivity contribution in [3.63, 3.8) is 0 Å². The fourth-order valence-corrected chi connectivity index (χ4v) is 15.2. The van der Waals surface area contributed by atoms with E-state index in [1.807, 2.05) is 52.8 Å². The van der Waals surface area contributed by atoms with Gasteiger partial charge in [-0.1, -0.05) is 138 Å². The van der Waals surface area contributed by atoms with Gasteiger partial charge in [0.05, 0.1) is 13.2 Å². The first-order valence-corrected chi connectivity index (χ1v) is 42.0. The number of hydrogen-bond acceptors (Lipinski definition) is 22. The molecule has 643 valence electrons. The van der Waals surface area contributed by atoms with Crippen molar-refractivity contribution in [2.24, 2.45) is 11.8 Å². The predicted molar refractivity (Wildman–Crippen MR) is 452 cm³/mol. The Morgan fingerprint density at radius 3 is 1.13 bits per heavy atom. The van der Waals surface area contributed by atoms with Gasteiger partial charge < -0.3 is 42.8 Å². The van der Waals surface area contributed by atoms with E-state index in [2.05, 4.69) is 52.0 Å². The number of nitrogens with zero attached hydrogens (tertiary/aromatic N) is 6. The molecule has 0 fully saturated rings. The van der Waals surface area contributed by atoms with E-state index in [9.17, 15) is 81.0 Å². The molecule has 6 N–H and O–H groups in total. The zero-order chi connectivity index (χ0) is 87.3. The number of ether oxygens (including phenoxy) is 1. The SMILES string of the molecule is CCOP(=O)(Cn1c(C(=O)c2ccccc2)c(CC)c(=O)[nH]c1=O)OCC.CCc1[n-]c(=O)[nH]c(=O)c1CC.CCc1c(C(=O)c2ccc(OCP(=O)(OC)OC)cc2)n(CC2CC=CC2)c(=O)[nH]c1=O.CCc1c(C(=O)c2ccccc2)n(CC2CC=CC2)c(=O)[nH]c1=O.CCc1c(C)n(CC)c(=O)[nH]c1=O.Cc1[n-]c(=O)[nH]c(=O)c1C.[B].[Y].[Y]. The van der Waals surface area contributed by atoms with Crippen molar-refractivity contribution in [2.45, 2.75) is 173 Å². The summed E-state index contributed by atoms with van der Waals surface area (Å²) in [6, 6.07) is 23.2. The molecule has 0 aliphatic heterocycles. The molecule has 0 unspecified atom stereocenters. The van der Waals surface area contributed by atoms with E-state index in [0.29, 0.717) is 108 Å². The molecule has 0 amide bonds. The summed E-state index contributed by atoms with van der Waals surface area (Å²) in [7, 11) is -4.49. The number of hydrogen-bond donors (Lipinski definition) is 6. The zero-order valence-corrected chi connectivity index (χ0v) is 77.8. The summed E-state index contributed by atoms with van der Waals surface area (Å²) in [6.07, 6.45) is 13.7. The quantitative estimate of drug-likeness (QED) is 0.0123. The standard InChI is InChI=1S/C22H27N2O7P.C19H20N2O3.C18H23N2O6P.C9H14N2O2.C8H12N2O2.C6H8N2O2.B.2Y/c1-4-18-19(24(22(27)23-21(18)26)13-15-7-5-6-8-15)20(25)16-9-11-17(12-10-16)31-14-32(28,29-2)30-3;1-2-15-16(17(22)14-10-4-3-5-11-14)21(19(24)20-18(15)23)12-13-8-6-7-9-13;1-4-14-15(16(21)13-10-8-7-9-11-13)20(18(23)19-17(14)22)12-27(24,25-5-2)26-6-3;1-4-7-6(3)11(5-2)9(13)10-8(7)12;1-3-5-6(4-2)9-8(12)10-7(5)11;1-3-4(2)7-6(10)8-5(3)9;;;/h5-6,9-12,15H,4,7-8,13-14H2,1-3H3,(H,23,26,27);3-7,10-11,13H,2,8-9,12H2,1H3,(H,20,23,24);7-11H,4-6,12H2,1-3H3,(H,19,22,23);4-5H2,1-3H3,(H,10,12,13);3-4H2,1-2H3,(H2,9,10,11,12);1-2H3,(H2,7,8,9,10);;;/p-2. The number of benzene rings is 3. The van der Waals surface area contributed by atoms with E-state index in [1.165, 1.54) is 35.5 Å². The summed E-state index contributed by atoms with van der Waals surface area (Å²) in [5.41, 5.74) is -0.0913. The molecule has 9 aromatic rings. The summed E-state index contributed by atoms with van der Waals surface area (Å²) in [4.78, 5) is 200. The van der Waals surface area contributed by atoms with E-state index in [1.54, 1.807) is 120 Å². The minimum absolute atomic E-state index is 0. The van der Waals surface area contributed by atoms with E-state index < -0.39 is 78.2 Å². The molecule has 6 aromatic heterocycles. The maximum Gasteiger partial charge on any atom is 0.367 e. The predicted octanol–water partition coefficient (Wildman–Crippen LogP) is 7.14. The molecule has 0 bridgehead atoms. The van der Waals surface area contributed by atoms with Gasteiger partial charge in [0.1, 0.15) is 29.1 Å². The second-order valence-electron chi connectivity index (χ2n) is 26.7. The van der Waals surface area contributed by atoms with Crippen LogP contribution in [0.1, 0.15) is 187 Å². The van der Waals surface area contributed by atoms with Crippen molar-refractivity contribution in [3.8, 4) is 5.75 Å². The van der Waals surface area contributed by atoms with Gasteiger partial charge in [0, 0.05) is 152 Å². The summed E-state index contributed by atoms with van der Waals surface area (Å²) >= 11 is 0. The molecule has 11 rings (SSSR count). The third-order valence-corrected chi connectivity index (χ3v) is 22.7. The fraction of sp³-hybridized carbons (Fsp3) is 0.402. The Labute approximate surface area is 748 Å². The maximum atomic E-state index is 13.4. The molecular formula is C82H102BN12O22P2Y2-2. The van der Waals surface area contributed by atoms with Crippen LogP contribution in [0, 0.1) is 32.6 Å². The number of allylic oxidation sites excluding steroid dienone is 4. The first kappa shape index (κ1) is 106. The molecular weight excluding hydrogens is 1760 g/mol. The van der Waals surface area contributed by atoms with Gasteiger partial charge in [0.15, 0.2) is 28.8 Å². The van der Waals surface area contributed by atoms with Crippen LogP contribution in [-0.2, 0) is 157 Å². The van der Waals surface area contributed by atoms with Crippen molar-refractivity contribution in [3.05, 3.63) is 318 Å². The van der Waals surface area contributed by atoms with E-state index in [0.717, 1.165) is 35.9 Å². The first-order valence-electron chi connectivity index (χ1n) is 38.5. The molecule has 34 nitrogen and oxygen atoms in total. The van der Waals surface area contributed by atoms with Gasteiger partial charge in [-0.05, 0) is 153 Å². The van der Waals surface area contributed by atoms with Gasteiger partial charge in [-0.2, -0.15) is 0 Å². The topological polar surface area (TPSA) is 479 Å². The van der Waals surface area contributed by atoms with Crippen LogP contribution in [0.15, 0.2) is 167 Å². The van der Waals surface area contributed by atoms with Gasteiger partial charge in [0.25, 0.3) is 22.2 Å². The Hall–Kier alpha value is -9.40. The fourth-order valence-electron chi connectivity index (χ4n) is 12.9. The monoisotopic (exact) mass is 1860 g/mol. The van der Waals surface area contributed by atoms with Crippen molar-refractivity contribution >= 4 is 41.0 Å². The van der Waals surface area contributed by atoms with Crippen LogP contribution in [0.25, 0.3) is 0 Å². The van der Waals surface area contributed by atoms with Crippen LogP contribution in [0.4, 0.5) is 0 Å². The van der Waals surface area contributed by atoms with Crippen molar-refractivity contribution in [1.82, 2.24) is 58.1 Å². The Balaban J connectivity index is 0.000000390. The third-order valence-electron chi connectivity index (χ3n) is 19.2. The van der Waals surface area contributed by atoms with Crippen molar-refractivity contribution in [2.75, 3.05) is 33.8 Å². The molecule has 0 saturated carbocycles. The van der Waals surface area contributed by atoms with Crippen LogP contribution in [-0.4, -0.2) is 108 Å². The second kappa shape index (κ2) is 50.9. The molecule has 5 radical (unpaired) electrons. The van der Waals surface area contributed by atoms with Crippen LogP contribution in [0.2, 0.25) is 0 Å². The number of ketones is 3. The van der Waals surface area contributed by atoms with E-state index >= 15 is 0 Å². The number of H-pyrrole nitrogens is 6. The molecule has 6 heterocycles. The number of rotatable bonds is 28. The Morgan fingerprint density at radius 2 is 0.769 bits per heavy atom. The first-order chi connectivity index (χ1) is 56.2. The molecule has 0 atom stereocenters. The number of aryl methyl sites for hydroxylation is 2. The Morgan fingerprint density at radius 1 is 0.421 bits per heavy atom. The normalized spacial score (nSPS) is 12.0. The summed E-state index contributed by atoms with van der Waals surface area (Å²) in [6.45, 7) is 22.8. The van der Waals surface area contributed by atoms with Crippen molar-refractivity contribution in [1.29, 1.82) is 0 Å². The summed E-state index contributed by atoms with van der Waals surface area (Å²) in [5.74, 6) is -0.353. The summed E-state index contributed by atoms with van der Waals surface area (Å²) in [5, 5.41) is 0. The van der Waals surface area contributed by atoms with Gasteiger partial charge in [-0.15, -0.1) is 0 Å². The molecule has 121 heavy (non-hydrogen) atoms. The minimum Gasteiger partial charge on any atom is -0.481 e. The second-order valence-corrected chi connectivity index (χ2v) is 30.9. The summed E-state index contributed by atoms with van der Waals surface area (Å²) < 4.78 is 56.0. The molecule has 3 aromatic carbocycles. The van der Waals surface area contributed by atoms with Gasteiger partial charge in [-0.3, -0.25) is 100 Å². The number of carbonyl (C=O) groups excluding carboxylic acids is 3. The van der Waals surface area contributed by atoms with Crippen LogP contribution < -0.4 is 82.2 Å². The molecule has 2 aliphatic carbocycles. The smallest absolute Gasteiger partial charge is 0.367 e. The average molecular weight is 1860 g/mol. The largest absolute Gasteiger partial charge is 0.481 e. The number of carbonyl (C=O) groups is 3. The van der Waals surface area contributed by atoms with E-state index in [-0.39, 0.29) is 168 Å². The third kappa shape index (κ3) is 28.6. The average Bonchev–Trinajstić information content (AvgIpc) is 1.19.